The molecule has 0 aliphatic rings. The number of rotatable bonds is 2. The van der Waals surface area contributed by atoms with Crippen LogP contribution in [-0.4, -0.2) is 25.7 Å². The Kier molecular flexibility index (Phi) is 3.43. The number of nitrogens with zero attached hydrogens (tertiary/aromatic N) is 3. The van der Waals surface area contributed by atoms with Crippen molar-refractivity contribution in [3.05, 3.63) is 66.0 Å². The second-order valence-corrected chi connectivity index (χ2v) is 5.70. The van der Waals surface area contributed by atoms with Gasteiger partial charge in [0.05, 0.1) is 16.6 Å². The number of hydrogen-bond donors (Lipinski definition) is 1. The van der Waals surface area contributed by atoms with Gasteiger partial charge in [-0.05, 0) is 41.5 Å². The molecule has 0 bridgehead atoms. The fourth-order valence-electron chi connectivity index (χ4n) is 2.89. The molecule has 0 radical (unpaired) electrons. The Balaban J connectivity index is 1.98. The number of fused-ring (bicyclic) bond motifs is 3. The Labute approximate surface area is 144 Å². The average Bonchev–Trinajstić information content (AvgIpc) is 3.08. The van der Waals surface area contributed by atoms with E-state index in [0.717, 1.165) is 12.1 Å². The van der Waals surface area contributed by atoms with Crippen LogP contribution in [0.5, 0.6) is 0 Å². The molecule has 0 unspecified atom stereocenters. The van der Waals surface area contributed by atoms with E-state index in [-0.39, 0.29) is 5.56 Å². The average molecular weight is 357 g/mol. The minimum atomic E-state index is -4.41. The van der Waals surface area contributed by atoms with E-state index in [2.05, 4.69) is 10.1 Å². The molecule has 0 amide bonds. The minimum absolute atomic E-state index is 0.0823. The summed E-state index contributed by atoms with van der Waals surface area (Å²) in [5.41, 5.74) is 1.54. The fourth-order valence-corrected chi connectivity index (χ4v) is 2.89. The Bertz CT molecular complexity index is 1150. The van der Waals surface area contributed by atoms with Crippen LogP contribution in [0.4, 0.5) is 13.2 Å². The van der Waals surface area contributed by atoms with Crippen LogP contribution in [-0.2, 0) is 6.18 Å². The Morgan fingerprint density at radius 1 is 1.04 bits per heavy atom. The van der Waals surface area contributed by atoms with Gasteiger partial charge >= 0.3 is 12.1 Å². The third-order valence-electron chi connectivity index (χ3n) is 4.13. The summed E-state index contributed by atoms with van der Waals surface area (Å²) in [5.74, 6) is -1.08. The maximum atomic E-state index is 12.8. The molecule has 0 atom stereocenters. The van der Waals surface area contributed by atoms with Crippen LogP contribution < -0.4 is 0 Å². The summed E-state index contributed by atoms with van der Waals surface area (Å²) in [4.78, 5) is 15.4. The molecule has 8 heteroatoms. The first-order valence-corrected chi connectivity index (χ1v) is 7.52. The van der Waals surface area contributed by atoms with Gasteiger partial charge in [-0.2, -0.15) is 18.3 Å². The summed E-state index contributed by atoms with van der Waals surface area (Å²) >= 11 is 0. The van der Waals surface area contributed by atoms with Crippen molar-refractivity contribution in [2.45, 2.75) is 6.18 Å². The van der Waals surface area contributed by atoms with Crippen molar-refractivity contribution in [3.8, 4) is 11.1 Å². The summed E-state index contributed by atoms with van der Waals surface area (Å²) in [6.45, 7) is 0. The maximum absolute atomic E-state index is 12.8. The number of carbonyl (C=O) groups is 1. The quantitative estimate of drug-likeness (QED) is 0.582. The molecular weight excluding hydrogens is 347 g/mol. The van der Waals surface area contributed by atoms with Crippen LogP contribution in [0, 0.1) is 0 Å². The molecule has 2 aromatic heterocycles. The van der Waals surface area contributed by atoms with Crippen molar-refractivity contribution < 1.29 is 23.1 Å². The van der Waals surface area contributed by atoms with E-state index in [0.29, 0.717) is 27.7 Å². The predicted octanol–water partition coefficient (Wildman–Crippen LogP) is 4.27. The normalized spacial score (nSPS) is 12.0. The molecule has 2 heterocycles. The first kappa shape index (κ1) is 16.1. The Morgan fingerprint density at radius 3 is 2.42 bits per heavy atom. The number of benzene rings is 2. The Morgan fingerprint density at radius 2 is 1.77 bits per heavy atom. The number of alkyl halides is 3. The fraction of sp³-hybridized carbons (Fsp3) is 0.0556. The second-order valence-electron chi connectivity index (χ2n) is 5.70. The molecule has 5 nitrogen and oxygen atoms in total. The molecule has 0 fully saturated rings. The number of halogens is 3. The van der Waals surface area contributed by atoms with Gasteiger partial charge in [-0.3, -0.25) is 0 Å². The molecule has 1 N–H and O–H groups in total. The smallest absolute Gasteiger partial charge is 0.416 e. The van der Waals surface area contributed by atoms with Crippen molar-refractivity contribution in [2.24, 2.45) is 0 Å². The highest BCUT2D eigenvalue weighted by Crippen LogP contribution is 2.34. The zero-order valence-electron chi connectivity index (χ0n) is 13.0. The van der Waals surface area contributed by atoms with Gasteiger partial charge in [0.1, 0.15) is 6.33 Å². The van der Waals surface area contributed by atoms with Gasteiger partial charge in [0.15, 0.2) is 5.65 Å². The lowest BCUT2D eigenvalue weighted by Gasteiger charge is -2.11. The van der Waals surface area contributed by atoms with Gasteiger partial charge in [0.25, 0.3) is 0 Å². The summed E-state index contributed by atoms with van der Waals surface area (Å²) in [5, 5.41) is 14.0. The van der Waals surface area contributed by atoms with Gasteiger partial charge in [0, 0.05) is 5.39 Å². The molecule has 26 heavy (non-hydrogen) atoms. The third kappa shape index (κ3) is 2.55. The Hall–Kier alpha value is -3.42. The maximum Gasteiger partial charge on any atom is 0.416 e. The van der Waals surface area contributed by atoms with Crippen molar-refractivity contribution in [2.75, 3.05) is 0 Å². The second kappa shape index (κ2) is 5.55. The first-order valence-electron chi connectivity index (χ1n) is 7.52. The monoisotopic (exact) mass is 357 g/mol. The van der Waals surface area contributed by atoms with Gasteiger partial charge in [-0.15, -0.1) is 0 Å². The number of carboxylic acid groups (broad SMARTS) is 1. The largest absolute Gasteiger partial charge is 0.478 e. The summed E-state index contributed by atoms with van der Waals surface area (Å²) in [6.07, 6.45) is -3.08. The van der Waals surface area contributed by atoms with E-state index in [1.54, 1.807) is 12.1 Å². The molecule has 0 aliphatic heterocycles. The lowest BCUT2D eigenvalue weighted by Crippen LogP contribution is -2.04. The van der Waals surface area contributed by atoms with Gasteiger partial charge in [-0.1, -0.05) is 18.2 Å². The molecule has 0 saturated heterocycles. The van der Waals surface area contributed by atoms with Gasteiger partial charge in [-0.25, -0.2) is 14.3 Å². The van der Waals surface area contributed by atoms with Crippen molar-refractivity contribution in [1.82, 2.24) is 14.6 Å². The summed E-state index contributed by atoms with van der Waals surface area (Å²) < 4.78 is 39.8. The van der Waals surface area contributed by atoms with Crippen molar-refractivity contribution in [1.29, 1.82) is 0 Å². The number of aromatic nitrogens is 3. The van der Waals surface area contributed by atoms with E-state index in [1.165, 1.54) is 35.1 Å². The van der Waals surface area contributed by atoms with Gasteiger partial charge in [0.2, 0.25) is 0 Å². The highest BCUT2D eigenvalue weighted by molar-refractivity contribution is 6.00. The van der Waals surface area contributed by atoms with Crippen LogP contribution >= 0.6 is 0 Å². The topological polar surface area (TPSA) is 67.5 Å². The summed E-state index contributed by atoms with van der Waals surface area (Å²) in [6, 6.07) is 11.0. The number of aromatic carboxylic acids is 1. The molecule has 130 valence electrons. The highest BCUT2D eigenvalue weighted by Gasteiger charge is 2.30. The van der Waals surface area contributed by atoms with Crippen LogP contribution in [0.3, 0.4) is 0 Å². The molecule has 4 aromatic rings. The lowest BCUT2D eigenvalue weighted by molar-refractivity contribution is -0.137. The first-order chi connectivity index (χ1) is 12.3. The van der Waals surface area contributed by atoms with E-state index in [1.807, 2.05) is 0 Å². The number of pyridine rings is 1. The van der Waals surface area contributed by atoms with Crippen molar-refractivity contribution >= 4 is 22.5 Å². The van der Waals surface area contributed by atoms with Crippen LogP contribution in [0.2, 0.25) is 0 Å². The predicted molar refractivity (Wildman–Crippen MR) is 87.9 cm³/mol. The molecule has 2 aromatic carbocycles. The zero-order chi connectivity index (χ0) is 18.5. The van der Waals surface area contributed by atoms with E-state index in [9.17, 15) is 23.1 Å². The molecule has 0 saturated carbocycles. The molecule has 4 rings (SSSR count). The summed E-state index contributed by atoms with van der Waals surface area (Å²) in [7, 11) is 0. The molecule has 0 aliphatic carbocycles. The molecular formula is C18H10F3N3O2. The van der Waals surface area contributed by atoms with Gasteiger partial charge < -0.3 is 5.11 Å². The lowest BCUT2D eigenvalue weighted by atomic mass is 9.99. The van der Waals surface area contributed by atoms with Crippen molar-refractivity contribution in [3.63, 3.8) is 0 Å². The number of hydrogen-bond acceptors (Lipinski definition) is 3. The zero-order valence-corrected chi connectivity index (χ0v) is 13.0. The third-order valence-corrected chi connectivity index (χ3v) is 4.13. The highest BCUT2D eigenvalue weighted by atomic mass is 19.4. The van der Waals surface area contributed by atoms with E-state index in [4.69, 9.17) is 0 Å². The van der Waals surface area contributed by atoms with E-state index >= 15 is 0 Å². The standard InChI is InChI=1S/C18H10F3N3O2/c19-18(20,21)12-4-1-10(2-5-12)14-8-16-22-9-23-24(16)15-7-11(17(25)26)3-6-13(14)15/h1-9H,(H,25,26). The van der Waals surface area contributed by atoms with E-state index < -0.39 is 17.7 Å². The van der Waals surface area contributed by atoms with Crippen LogP contribution in [0.25, 0.3) is 27.7 Å². The number of carboxylic acids is 1. The van der Waals surface area contributed by atoms with Crippen LogP contribution in [0.1, 0.15) is 15.9 Å². The molecule has 0 spiro atoms. The van der Waals surface area contributed by atoms with Crippen LogP contribution in [0.15, 0.2) is 54.9 Å². The minimum Gasteiger partial charge on any atom is -0.478 e. The SMILES string of the molecule is O=C(O)c1ccc2c(-c3ccc(C(F)(F)F)cc3)cc3ncnn3c2c1.